The number of hydrogen-bond donors (Lipinski definition) is 0. The number of alkyl halides is 3. The van der Waals surface area contributed by atoms with Crippen molar-refractivity contribution in [2.24, 2.45) is 0 Å². The van der Waals surface area contributed by atoms with E-state index in [1.807, 2.05) is 176 Å². The predicted molar refractivity (Wildman–Crippen MR) is 268 cm³/mol. The molecule has 68 heavy (non-hydrogen) atoms. The summed E-state index contributed by atoms with van der Waals surface area (Å²) in [5.74, 6) is 0. The highest BCUT2D eigenvalue weighted by Crippen LogP contribution is 2.47. The van der Waals surface area contributed by atoms with Crippen molar-refractivity contribution in [3.05, 3.63) is 230 Å². The third-order valence-electron chi connectivity index (χ3n) is 12.9. The average molecular weight is 884 g/mol. The van der Waals surface area contributed by atoms with Gasteiger partial charge in [-0.3, -0.25) is 9.97 Å². The second-order valence-corrected chi connectivity index (χ2v) is 16.8. The second kappa shape index (κ2) is 16.1. The number of rotatable bonds is 7. The zero-order chi connectivity index (χ0) is 45.9. The highest BCUT2D eigenvalue weighted by molar-refractivity contribution is 6.12. The van der Waals surface area contributed by atoms with E-state index in [0.29, 0.717) is 38.8 Å². The normalized spacial score (nSPS) is 11.7. The molecule has 0 atom stereocenters. The van der Waals surface area contributed by atoms with E-state index < -0.39 is 11.7 Å². The van der Waals surface area contributed by atoms with Crippen molar-refractivity contribution in [1.82, 2.24) is 19.1 Å². The molecule has 8 heteroatoms. The number of para-hydroxylation sites is 2. The van der Waals surface area contributed by atoms with E-state index in [4.69, 9.17) is 9.97 Å². The molecule has 322 valence electrons. The topological polar surface area (TPSA) is 59.4 Å². The van der Waals surface area contributed by atoms with Gasteiger partial charge in [-0.15, -0.1) is 0 Å². The van der Waals surface area contributed by atoms with Gasteiger partial charge in [0.05, 0.1) is 56.5 Å². The SMILES string of the molecule is N#Cc1cccc(-c2cc(-n3c4ccccc4c4ccc(-c5cccnc5-c5ccccc5)cc43)c(C(F)(F)F)c(-n3c4ccccc4c4ccc(-c5cccnc5-c5ccccc5)cc43)c2)c1. The number of benzene rings is 8. The molecule has 0 unspecified atom stereocenters. The summed E-state index contributed by atoms with van der Waals surface area (Å²) in [6.07, 6.45) is -1.36. The number of aromatic nitrogens is 4. The number of nitrogens with zero attached hydrogens (tertiary/aromatic N) is 5. The summed E-state index contributed by atoms with van der Waals surface area (Å²) in [5.41, 5.74) is 9.72. The number of halogens is 3. The first kappa shape index (κ1) is 40.4. The lowest BCUT2D eigenvalue weighted by Gasteiger charge is -2.23. The quantitative estimate of drug-likeness (QED) is 0.160. The minimum atomic E-state index is -4.87. The molecular weight excluding hydrogens is 848 g/mol. The van der Waals surface area contributed by atoms with Crippen molar-refractivity contribution >= 4 is 43.6 Å². The largest absolute Gasteiger partial charge is 0.420 e. The summed E-state index contributed by atoms with van der Waals surface area (Å²) < 4.78 is 54.0. The lowest BCUT2D eigenvalue weighted by atomic mass is 9.97. The molecule has 0 N–H and O–H groups in total. The molecule has 0 saturated heterocycles. The Morgan fingerprint density at radius 2 is 0.838 bits per heavy atom. The molecule has 12 aromatic rings. The van der Waals surface area contributed by atoms with Gasteiger partial charge < -0.3 is 9.13 Å². The van der Waals surface area contributed by atoms with Gasteiger partial charge in [0.1, 0.15) is 5.56 Å². The van der Waals surface area contributed by atoms with Crippen LogP contribution >= 0.6 is 0 Å². The molecule has 0 aliphatic carbocycles. The molecule has 0 bridgehead atoms. The van der Waals surface area contributed by atoms with Gasteiger partial charge in [-0.1, -0.05) is 146 Å². The first-order valence-corrected chi connectivity index (χ1v) is 22.2. The molecule has 0 aliphatic heterocycles. The standard InChI is InChI=1S/C60H36F3N5/c61-60(62,63)57-55(67-51-24-9-7-20-47(51)49-28-26-42(33-53(49)67)45-22-12-30-65-58(45)39-15-3-1-4-16-39)35-44(41-19-11-14-38(32-41)37-64)36-56(57)68-52-25-10-8-21-48(52)50-29-27-43(34-54(50)68)46-23-13-31-66-59(46)40-17-5-2-6-18-40/h1-36H. The van der Waals surface area contributed by atoms with E-state index in [9.17, 15) is 5.26 Å². The van der Waals surface area contributed by atoms with Crippen molar-refractivity contribution in [2.45, 2.75) is 6.18 Å². The number of nitriles is 1. The van der Waals surface area contributed by atoms with Crippen molar-refractivity contribution < 1.29 is 13.2 Å². The van der Waals surface area contributed by atoms with Crippen LogP contribution in [0.25, 0.3) is 111 Å². The van der Waals surface area contributed by atoms with Crippen LogP contribution in [0, 0.1) is 11.3 Å². The molecule has 0 saturated carbocycles. The molecule has 0 spiro atoms. The third kappa shape index (κ3) is 6.71. The molecule has 0 radical (unpaired) electrons. The smallest absolute Gasteiger partial charge is 0.309 e. The van der Waals surface area contributed by atoms with E-state index in [2.05, 4.69) is 6.07 Å². The Bertz CT molecular complexity index is 3750. The molecule has 12 rings (SSSR count). The molecule has 8 aromatic carbocycles. The summed E-state index contributed by atoms with van der Waals surface area (Å²) in [7, 11) is 0. The van der Waals surface area contributed by atoms with Crippen LogP contribution in [0.4, 0.5) is 13.2 Å². The van der Waals surface area contributed by atoms with Crippen molar-refractivity contribution in [3.8, 4) is 73.3 Å². The molecule has 0 amide bonds. The Kier molecular flexibility index (Phi) is 9.59. The first-order chi connectivity index (χ1) is 33.3. The van der Waals surface area contributed by atoms with E-state index in [1.54, 1.807) is 51.9 Å². The highest BCUT2D eigenvalue weighted by Gasteiger charge is 2.39. The van der Waals surface area contributed by atoms with Crippen LogP contribution in [0.2, 0.25) is 0 Å². The van der Waals surface area contributed by atoms with Gasteiger partial charge in [0.15, 0.2) is 0 Å². The monoisotopic (exact) mass is 883 g/mol. The number of pyridine rings is 2. The fourth-order valence-corrected chi connectivity index (χ4v) is 9.91. The minimum absolute atomic E-state index is 0.0501. The van der Waals surface area contributed by atoms with Gasteiger partial charge in [-0.05, 0) is 82.9 Å². The summed E-state index contributed by atoms with van der Waals surface area (Å²) in [5, 5.41) is 13.3. The number of hydrogen-bond acceptors (Lipinski definition) is 3. The van der Waals surface area contributed by atoms with Gasteiger partial charge in [0.25, 0.3) is 0 Å². The Balaban J connectivity index is 1.20. The summed E-state index contributed by atoms with van der Waals surface area (Å²) in [4.78, 5) is 9.57. The molecule has 4 aromatic heterocycles. The minimum Gasteiger partial charge on any atom is -0.309 e. The van der Waals surface area contributed by atoms with Crippen molar-refractivity contribution in [2.75, 3.05) is 0 Å². The Labute approximate surface area is 388 Å². The fraction of sp³-hybridized carbons (Fsp3) is 0.0167. The van der Waals surface area contributed by atoms with E-state index in [1.165, 1.54) is 0 Å². The lowest BCUT2D eigenvalue weighted by Crippen LogP contribution is -2.16. The van der Waals surface area contributed by atoms with Gasteiger partial charge in [0.2, 0.25) is 0 Å². The Morgan fingerprint density at radius 3 is 1.32 bits per heavy atom. The molecule has 0 fully saturated rings. The lowest BCUT2D eigenvalue weighted by molar-refractivity contribution is -0.137. The van der Waals surface area contributed by atoms with Gasteiger partial charge >= 0.3 is 6.18 Å². The van der Waals surface area contributed by atoms with E-state index in [0.717, 1.165) is 66.3 Å². The fourth-order valence-electron chi connectivity index (χ4n) is 9.91. The summed E-state index contributed by atoms with van der Waals surface area (Å²) in [6, 6.07) is 67.2. The van der Waals surface area contributed by atoms with Crippen molar-refractivity contribution in [3.63, 3.8) is 0 Å². The summed E-state index contributed by atoms with van der Waals surface area (Å²) in [6.45, 7) is 0. The zero-order valence-electron chi connectivity index (χ0n) is 36.2. The van der Waals surface area contributed by atoms with Gasteiger partial charge in [-0.2, -0.15) is 18.4 Å². The molecule has 0 aliphatic rings. The molecule has 5 nitrogen and oxygen atoms in total. The second-order valence-electron chi connectivity index (χ2n) is 16.8. The average Bonchev–Trinajstić information content (AvgIpc) is 3.90. The highest BCUT2D eigenvalue weighted by atomic mass is 19.4. The zero-order valence-corrected chi connectivity index (χ0v) is 36.2. The van der Waals surface area contributed by atoms with Crippen LogP contribution in [-0.4, -0.2) is 19.1 Å². The van der Waals surface area contributed by atoms with Crippen LogP contribution in [0.3, 0.4) is 0 Å². The van der Waals surface area contributed by atoms with Crippen LogP contribution in [0.15, 0.2) is 219 Å². The van der Waals surface area contributed by atoms with Crippen LogP contribution in [0.1, 0.15) is 11.1 Å². The van der Waals surface area contributed by atoms with E-state index in [-0.39, 0.29) is 11.4 Å². The van der Waals surface area contributed by atoms with Gasteiger partial charge in [-0.25, -0.2) is 0 Å². The van der Waals surface area contributed by atoms with E-state index >= 15 is 13.2 Å². The maximum atomic E-state index is 16.8. The maximum Gasteiger partial charge on any atom is 0.420 e. The Hall–Kier alpha value is -9.06. The van der Waals surface area contributed by atoms with Crippen molar-refractivity contribution in [1.29, 1.82) is 5.26 Å². The molecular formula is C60H36F3N5. The van der Waals surface area contributed by atoms with Gasteiger partial charge in [0, 0.05) is 56.2 Å². The van der Waals surface area contributed by atoms with Crippen LogP contribution in [0.5, 0.6) is 0 Å². The molecule has 4 heterocycles. The third-order valence-corrected chi connectivity index (χ3v) is 12.9. The Morgan fingerprint density at radius 1 is 0.382 bits per heavy atom. The first-order valence-electron chi connectivity index (χ1n) is 22.2. The number of fused-ring (bicyclic) bond motifs is 6. The van der Waals surface area contributed by atoms with Crippen LogP contribution in [-0.2, 0) is 6.18 Å². The predicted octanol–water partition coefficient (Wildman–Crippen LogP) is 15.9. The van der Waals surface area contributed by atoms with Crippen LogP contribution < -0.4 is 0 Å². The maximum absolute atomic E-state index is 16.8. The summed E-state index contributed by atoms with van der Waals surface area (Å²) >= 11 is 0.